The van der Waals surface area contributed by atoms with Gasteiger partial charge in [0.1, 0.15) is 0 Å². The van der Waals surface area contributed by atoms with E-state index in [-0.39, 0.29) is 16.1 Å². The van der Waals surface area contributed by atoms with Crippen LogP contribution in [0.25, 0.3) is 0 Å². The van der Waals surface area contributed by atoms with Gasteiger partial charge in [0.05, 0.1) is 16.3 Å². The number of hydrogen-bond acceptors (Lipinski definition) is 5. The Kier molecular flexibility index (Phi) is 3.73. The third-order valence-corrected chi connectivity index (χ3v) is 3.97. The number of nitrogens with two attached hydrogens (primary N) is 1. The average molecular weight is 308 g/mol. The lowest BCUT2D eigenvalue weighted by molar-refractivity contribution is 0.102. The molecule has 0 fully saturated rings. The molecular formula is C13H16N4O3S. The van der Waals surface area contributed by atoms with Crippen LogP contribution in [0.4, 0.5) is 11.4 Å². The first kappa shape index (κ1) is 15.0. The van der Waals surface area contributed by atoms with Gasteiger partial charge in [-0.2, -0.15) is 5.10 Å². The van der Waals surface area contributed by atoms with Crippen LogP contribution in [0, 0.1) is 6.92 Å². The van der Waals surface area contributed by atoms with Gasteiger partial charge in [0.15, 0.2) is 9.84 Å². The Labute approximate surface area is 122 Å². The smallest absolute Gasteiger partial charge is 0.255 e. The van der Waals surface area contributed by atoms with Gasteiger partial charge in [-0.1, -0.05) is 0 Å². The lowest BCUT2D eigenvalue weighted by Crippen LogP contribution is -2.13. The molecule has 2 aromatic rings. The number of nitrogen functional groups attached to an aromatic ring is 1. The summed E-state index contributed by atoms with van der Waals surface area (Å²) < 4.78 is 24.7. The van der Waals surface area contributed by atoms with Crippen LogP contribution in [0.15, 0.2) is 29.3 Å². The van der Waals surface area contributed by atoms with Crippen LogP contribution in [0.5, 0.6) is 0 Å². The van der Waals surface area contributed by atoms with Crippen molar-refractivity contribution in [1.82, 2.24) is 9.78 Å². The second kappa shape index (κ2) is 5.21. The number of aromatic nitrogens is 2. The number of hydrogen-bond donors (Lipinski definition) is 2. The van der Waals surface area contributed by atoms with Crippen molar-refractivity contribution < 1.29 is 13.2 Å². The number of sulfone groups is 1. The van der Waals surface area contributed by atoms with Crippen molar-refractivity contribution in [3.05, 3.63) is 35.7 Å². The Morgan fingerprint density at radius 1 is 1.33 bits per heavy atom. The molecule has 0 saturated heterocycles. The van der Waals surface area contributed by atoms with E-state index in [4.69, 9.17) is 5.73 Å². The maximum absolute atomic E-state index is 12.2. The second-order valence-electron chi connectivity index (χ2n) is 4.82. The van der Waals surface area contributed by atoms with Gasteiger partial charge in [-0.15, -0.1) is 0 Å². The molecule has 1 aromatic carbocycles. The van der Waals surface area contributed by atoms with E-state index in [0.717, 1.165) is 6.26 Å². The molecule has 2 rings (SSSR count). The molecule has 0 spiro atoms. The summed E-state index contributed by atoms with van der Waals surface area (Å²) in [7, 11) is -1.69. The highest BCUT2D eigenvalue weighted by Gasteiger charge is 2.15. The molecular weight excluding hydrogens is 292 g/mol. The fourth-order valence-corrected chi connectivity index (χ4v) is 2.58. The lowest BCUT2D eigenvalue weighted by atomic mass is 10.2. The largest absolute Gasteiger partial charge is 0.399 e. The number of carbonyl (C=O) groups excluding carboxylic acids is 1. The van der Waals surface area contributed by atoms with Gasteiger partial charge >= 0.3 is 0 Å². The summed E-state index contributed by atoms with van der Waals surface area (Å²) in [5, 5.41) is 6.79. The lowest BCUT2D eigenvalue weighted by Gasteiger charge is -2.07. The van der Waals surface area contributed by atoms with Gasteiger partial charge in [-0.25, -0.2) is 8.42 Å². The second-order valence-corrected chi connectivity index (χ2v) is 6.83. The summed E-state index contributed by atoms with van der Waals surface area (Å²) >= 11 is 0. The molecule has 8 heteroatoms. The zero-order valence-electron chi connectivity index (χ0n) is 11.9. The topological polar surface area (TPSA) is 107 Å². The molecule has 0 saturated carbocycles. The van der Waals surface area contributed by atoms with E-state index in [2.05, 4.69) is 10.4 Å². The summed E-state index contributed by atoms with van der Waals surface area (Å²) in [6.45, 7) is 1.76. The molecule has 0 unspecified atom stereocenters. The van der Waals surface area contributed by atoms with Crippen molar-refractivity contribution in [2.24, 2.45) is 7.05 Å². The molecule has 1 amide bonds. The van der Waals surface area contributed by atoms with Crippen molar-refractivity contribution in [2.45, 2.75) is 11.8 Å². The van der Waals surface area contributed by atoms with Crippen molar-refractivity contribution in [1.29, 1.82) is 0 Å². The van der Waals surface area contributed by atoms with Crippen LogP contribution in [0.2, 0.25) is 0 Å². The van der Waals surface area contributed by atoms with Crippen molar-refractivity contribution in [3.8, 4) is 0 Å². The SMILES string of the molecule is Cc1nn(C)cc1NC(=O)c1cc(N)cc(S(C)(=O)=O)c1. The van der Waals surface area contributed by atoms with E-state index in [1.807, 2.05) is 0 Å². The molecule has 0 radical (unpaired) electrons. The van der Waals surface area contributed by atoms with E-state index in [9.17, 15) is 13.2 Å². The van der Waals surface area contributed by atoms with Gasteiger partial charge in [0.25, 0.3) is 5.91 Å². The molecule has 1 heterocycles. The molecule has 1 aromatic heterocycles. The fraction of sp³-hybridized carbons (Fsp3) is 0.231. The van der Waals surface area contributed by atoms with E-state index in [1.165, 1.54) is 18.2 Å². The zero-order chi connectivity index (χ0) is 15.8. The van der Waals surface area contributed by atoms with Crippen molar-refractivity contribution in [2.75, 3.05) is 17.3 Å². The first-order valence-electron chi connectivity index (χ1n) is 6.09. The molecule has 0 aliphatic carbocycles. The molecule has 21 heavy (non-hydrogen) atoms. The van der Waals surface area contributed by atoms with Crippen LogP contribution < -0.4 is 11.1 Å². The maximum atomic E-state index is 12.2. The van der Waals surface area contributed by atoms with Gasteiger partial charge in [-0.05, 0) is 25.1 Å². The molecule has 0 atom stereocenters. The van der Waals surface area contributed by atoms with Crippen LogP contribution in [-0.4, -0.2) is 30.4 Å². The number of carbonyl (C=O) groups is 1. The predicted molar refractivity (Wildman–Crippen MR) is 79.9 cm³/mol. The van der Waals surface area contributed by atoms with E-state index in [1.54, 1.807) is 24.9 Å². The average Bonchev–Trinajstić information content (AvgIpc) is 2.66. The molecule has 0 aliphatic rings. The Bertz CT molecular complexity index is 809. The molecule has 3 N–H and O–H groups in total. The summed E-state index contributed by atoms with van der Waals surface area (Å²) in [6.07, 6.45) is 2.73. The van der Waals surface area contributed by atoms with Gasteiger partial charge in [0, 0.05) is 30.8 Å². The fourth-order valence-electron chi connectivity index (χ4n) is 1.88. The van der Waals surface area contributed by atoms with Crippen LogP contribution in [0.1, 0.15) is 16.1 Å². The quantitative estimate of drug-likeness (QED) is 0.821. The molecule has 112 valence electrons. The Morgan fingerprint density at radius 2 is 2.00 bits per heavy atom. The highest BCUT2D eigenvalue weighted by Crippen LogP contribution is 2.19. The van der Waals surface area contributed by atoms with Crippen LogP contribution >= 0.6 is 0 Å². The number of anilines is 2. The predicted octanol–water partition coefficient (Wildman–Crippen LogP) is 0.967. The summed E-state index contributed by atoms with van der Waals surface area (Å²) in [4.78, 5) is 12.2. The van der Waals surface area contributed by atoms with E-state index < -0.39 is 15.7 Å². The highest BCUT2D eigenvalue weighted by atomic mass is 32.2. The number of rotatable bonds is 3. The Hall–Kier alpha value is -2.35. The maximum Gasteiger partial charge on any atom is 0.255 e. The molecule has 0 aliphatic heterocycles. The van der Waals surface area contributed by atoms with Gasteiger partial charge in [-0.3, -0.25) is 9.48 Å². The summed E-state index contributed by atoms with van der Waals surface area (Å²) in [5.41, 5.74) is 7.28. The van der Waals surface area contributed by atoms with E-state index in [0.29, 0.717) is 11.4 Å². The van der Waals surface area contributed by atoms with Crippen LogP contribution in [0.3, 0.4) is 0 Å². The number of amides is 1. The summed E-state index contributed by atoms with van der Waals surface area (Å²) in [5.74, 6) is -0.441. The summed E-state index contributed by atoms with van der Waals surface area (Å²) in [6, 6.07) is 4.05. The number of nitrogens with one attached hydrogen (secondary N) is 1. The van der Waals surface area contributed by atoms with E-state index >= 15 is 0 Å². The normalized spacial score (nSPS) is 11.4. The molecule has 0 bridgehead atoms. The Balaban J connectivity index is 2.36. The minimum atomic E-state index is -3.43. The number of benzene rings is 1. The third-order valence-electron chi connectivity index (χ3n) is 2.88. The zero-order valence-corrected chi connectivity index (χ0v) is 12.7. The number of nitrogens with zero attached hydrogens (tertiary/aromatic N) is 2. The first-order chi connectivity index (χ1) is 9.66. The van der Waals surface area contributed by atoms with Gasteiger partial charge < -0.3 is 11.1 Å². The highest BCUT2D eigenvalue weighted by molar-refractivity contribution is 7.90. The standard InChI is InChI=1S/C13H16N4O3S/c1-8-12(7-17(2)16-8)15-13(18)9-4-10(14)6-11(5-9)21(3,19)20/h4-7H,14H2,1-3H3,(H,15,18). The molecule has 7 nitrogen and oxygen atoms in total. The third kappa shape index (κ3) is 3.40. The Morgan fingerprint density at radius 3 is 2.52 bits per heavy atom. The van der Waals surface area contributed by atoms with Crippen LogP contribution in [-0.2, 0) is 16.9 Å². The van der Waals surface area contributed by atoms with Crippen molar-refractivity contribution >= 4 is 27.1 Å². The monoisotopic (exact) mass is 308 g/mol. The first-order valence-corrected chi connectivity index (χ1v) is 7.98. The number of aryl methyl sites for hydroxylation is 2. The van der Waals surface area contributed by atoms with Crippen molar-refractivity contribution in [3.63, 3.8) is 0 Å². The van der Waals surface area contributed by atoms with Gasteiger partial charge in [0.2, 0.25) is 0 Å². The minimum Gasteiger partial charge on any atom is -0.399 e. The minimum absolute atomic E-state index is 0.00978.